The van der Waals surface area contributed by atoms with Gasteiger partial charge >= 0.3 is 0 Å². The van der Waals surface area contributed by atoms with Gasteiger partial charge in [-0.15, -0.1) is 0 Å². The lowest BCUT2D eigenvalue weighted by Crippen LogP contribution is -2.49. The minimum absolute atomic E-state index is 0.848. The molecule has 4 unspecified atom stereocenters. The summed E-state index contributed by atoms with van der Waals surface area (Å²) >= 11 is 0. The fraction of sp³-hybridized carbons (Fsp3) is 0.750. The van der Waals surface area contributed by atoms with Crippen molar-refractivity contribution in [2.45, 2.75) is 31.3 Å². The van der Waals surface area contributed by atoms with Crippen molar-refractivity contribution in [3.05, 3.63) is 0 Å². The molecule has 18 heavy (non-hydrogen) atoms. The molecule has 0 aromatic carbocycles. The first-order valence-corrected chi connectivity index (χ1v) is 4.65. The third-order valence-electron chi connectivity index (χ3n) is 1.87. The van der Waals surface area contributed by atoms with Crippen molar-refractivity contribution in [2.24, 2.45) is 0 Å². The number of carbonyl (C=O) groups excluding carboxylic acids is 2. The van der Waals surface area contributed by atoms with E-state index in [1.165, 1.54) is 0 Å². The molecular formula is C8H16N3O7+. The summed E-state index contributed by atoms with van der Waals surface area (Å²) in [5.74, 6) is -2.25. The average molecular weight is 266 g/mol. The van der Waals surface area contributed by atoms with Crippen molar-refractivity contribution in [1.82, 2.24) is 4.91 Å². The standard InChI is InChI=1S/C8H14O7.H2N3/c1-3(10)5(12)7(14)8(15)6(13)4(11)2-9;1-3-2/h4,6-9,11,13-15H,2H2,1H3;1-2H/q;+1. The van der Waals surface area contributed by atoms with Gasteiger partial charge in [0.2, 0.25) is 10.7 Å². The maximum atomic E-state index is 10.9. The van der Waals surface area contributed by atoms with Crippen molar-refractivity contribution < 1.29 is 35.1 Å². The molecular weight excluding hydrogens is 250 g/mol. The number of Topliss-reactive ketones (excluding diaryl/α,β-unsaturated/α-hetero) is 2. The lowest BCUT2D eigenvalue weighted by Gasteiger charge is -2.24. The molecule has 10 nitrogen and oxygen atoms in total. The quantitative estimate of drug-likeness (QED) is 0.148. The SMILES string of the molecule is CC(=O)C(=O)C(O)C(O)C(O)C(O)CO.N=[N+]=N. The van der Waals surface area contributed by atoms with Gasteiger partial charge in [0.25, 0.3) is 0 Å². The summed E-state index contributed by atoms with van der Waals surface area (Å²) in [5, 5.41) is 44.7. The molecule has 0 bridgehead atoms. The Morgan fingerprint density at radius 3 is 1.78 bits per heavy atom. The molecule has 10 heteroatoms. The van der Waals surface area contributed by atoms with Gasteiger partial charge in [-0.3, -0.25) is 9.59 Å². The van der Waals surface area contributed by atoms with Crippen LogP contribution < -0.4 is 4.91 Å². The highest BCUT2D eigenvalue weighted by Crippen LogP contribution is 2.06. The molecule has 7 N–H and O–H groups in total. The Kier molecular flexibility index (Phi) is 9.90. The molecule has 0 spiro atoms. The number of aliphatic hydroxyl groups excluding tert-OH is 5. The Morgan fingerprint density at radius 2 is 1.50 bits per heavy atom. The summed E-state index contributed by atoms with van der Waals surface area (Å²) in [6.45, 7) is 0.0480. The van der Waals surface area contributed by atoms with Gasteiger partial charge in [-0.05, 0) is 0 Å². The van der Waals surface area contributed by atoms with E-state index in [2.05, 4.69) is 0 Å². The molecule has 0 rings (SSSR count). The smallest absolute Gasteiger partial charge is 0.229 e. The molecule has 0 saturated heterocycles. The zero-order chi connectivity index (χ0) is 14.9. The molecule has 0 heterocycles. The zero-order valence-corrected chi connectivity index (χ0v) is 9.52. The molecule has 0 fully saturated rings. The van der Waals surface area contributed by atoms with E-state index in [9.17, 15) is 9.59 Å². The van der Waals surface area contributed by atoms with Gasteiger partial charge in [0.15, 0.2) is 5.78 Å². The number of carbonyl (C=O) groups is 2. The number of hydrogen-bond donors (Lipinski definition) is 7. The van der Waals surface area contributed by atoms with Crippen LogP contribution in [0.2, 0.25) is 0 Å². The summed E-state index contributed by atoms with van der Waals surface area (Å²) in [4.78, 5) is 23.4. The molecule has 0 aliphatic heterocycles. The topological polar surface area (TPSA) is 197 Å². The maximum absolute atomic E-state index is 10.9. The third kappa shape index (κ3) is 6.25. The number of aliphatic hydroxyl groups is 5. The number of rotatable bonds is 6. The Morgan fingerprint density at radius 1 is 1.11 bits per heavy atom. The van der Waals surface area contributed by atoms with Crippen LogP contribution >= 0.6 is 0 Å². The second-order valence-electron chi connectivity index (χ2n) is 3.21. The van der Waals surface area contributed by atoms with Crippen molar-refractivity contribution in [2.75, 3.05) is 6.61 Å². The molecule has 0 amide bonds. The van der Waals surface area contributed by atoms with Crippen LogP contribution in [0.3, 0.4) is 0 Å². The molecule has 0 aromatic rings. The molecule has 0 aliphatic carbocycles. The predicted octanol–water partition coefficient (Wildman–Crippen LogP) is -3.30. The van der Waals surface area contributed by atoms with Crippen LogP contribution in [0.1, 0.15) is 6.92 Å². The van der Waals surface area contributed by atoms with Gasteiger partial charge in [0.1, 0.15) is 35.5 Å². The van der Waals surface area contributed by atoms with Gasteiger partial charge in [0.05, 0.1) is 6.61 Å². The van der Waals surface area contributed by atoms with Crippen LogP contribution in [-0.4, -0.2) is 68.1 Å². The second kappa shape index (κ2) is 9.48. The van der Waals surface area contributed by atoms with Crippen LogP contribution in [0.4, 0.5) is 0 Å². The van der Waals surface area contributed by atoms with Gasteiger partial charge in [-0.2, -0.15) is 0 Å². The normalized spacial score (nSPS) is 16.3. The predicted molar refractivity (Wildman–Crippen MR) is 54.4 cm³/mol. The van der Waals surface area contributed by atoms with E-state index in [1.54, 1.807) is 0 Å². The van der Waals surface area contributed by atoms with E-state index in [1.807, 2.05) is 4.91 Å². The van der Waals surface area contributed by atoms with Crippen molar-refractivity contribution >= 4 is 11.6 Å². The van der Waals surface area contributed by atoms with Gasteiger partial charge < -0.3 is 25.5 Å². The van der Waals surface area contributed by atoms with Gasteiger partial charge in [0, 0.05) is 6.92 Å². The Bertz CT molecular complexity index is 316. The van der Waals surface area contributed by atoms with Crippen LogP contribution in [-0.2, 0) is 9.59 Å². The minimum Gasteiger partial charge on any atom is -0.394 e. The van der Waals surface area contributed by atoms with E-state index >= 15 is 0 Å². The number of ketones is 2. The van der Waals surface area contributed by atoms with Gasteiger partial charge in [-0.25, -0.2) is 0 Å². The van der Waals surface area contributed by atoms with Gasteiger partial charge in [-0.1, -0.05) is 0 Å². The Hall–Kier alpha value is -1.55. The minimum atomic E-state index is -2.11. The maximum Gasteiger partial charge on any atom is 0.229 e. The highest BCUT2D eigenvalue weighted by atomic mass is 16.4. The molecule has 0 radical (unpaired) electrons. The monoisotopic (exact) mass is 266 g/mol. The fourth-order valence-electron chi connectivity index (χ4n) is 0.886. The van der Waals surface area contributed by atoms with E-state index < -0.39 is 42.6 Å². The van der Waals surface area contributed by atoms with Crippen molar-refractivity contribution in [1.29, 1.82) is 11.1 Å². The summed E-state index contributed by atoms with van der Waals surface area (Å²) in [7, 11) is 0. The Balaban J connectivity index is 0. The summed E-state index contributed by atoms with van der Waals surface area (Å²) in [6.07, 6.45) is -7.75. The molecule has 4 atom stereocenters. The van der Waals surface area contributed by atoms with E-state index in [0.29, 0.717) is 0 Å². The van der Waals surface area contributed by atoms with Crippen LogP contribution in [0.15, 0.2) is 0 Å². The summed E-state index contributed by atoms with van der Waals surface area (Å²) < 4.78 is 0. The lowest BCUT2D eigenvalue weighted by atomic mass is 9.99. The second-order valence-corrected chi connectivity index (χ2v) is 3.21. The van der Waals surface area contributed by atoms with E-state index in [4.69, 9.17) is 36.6 Å². The highest BCUT2D eigenvalue weighted by molar-refractivity contribution is 6.38. The fourth-order valence-corrected chi connectivity index (χ4v) is 0.886. The van der Waals surface area contributed by atoms with Crippen LogP contribution in [0.25, 0.3) is 0 Å². The Labute approximate surface area is 102 Å². The zero-order valence-electron chi connectivity index (χ0n) is 9.52. The summed E-state index contributed by atoms with van der Waals surface area (Å²) in [5.41, 5.74) is 11.0. The summed E-state index contributed by atoms with van der Waals surface area (Å²) in [6, 6.07) is 0. The van der Waals surface area contributed by atoms with Crippen molar-refractivity contribution in [3.63, 3.8) is 0 Å². The number of hydrogen-bond acceptors (Lipinski definition) is 9. The highest BCUT2D eigenvalue weighted by Gasteiger charge is 2.35. The van der Waals surface area contributed by atoms with Crippen LogP contribution in [0, 0.1) is 11.1 Å². The largest absolute Gasteiger partial charge is 0.394 e. The first-order chi connectivity index (χ1) is 8.24. The van der Waals surface area contributed by atoms with E-state index in [-0.39, 0.29) is 0 Å². The molecule has 0 aromatic heterocycles. The van der Waals surface area contributed by atoms with Crippen molar-refractivity contribution in [3.8, 4) is 0 Å². The first-order valence-electron chi connectivity index (χ1n) is 4.65. The third-order valence-corrected chi connectivity index (χ3v) is 1.87. The number of nitrogens with zero attached hydrogens (tertiary/aromatic N) is 1. The average Bonchev–Trinajstić information content (AvgIpc) is 2.34. The molecule has 0 aliphatic rings. The molecule has 104 valence electrons. The first kappa shape index (κ1) is 18.8. The van der Waals surface area contributed by atoms with Crippen LogP contribution in [0.5, 0.6) is 0 Å². The number of nitrogens with one attached hydrogen (secondary N) is 2. The van der Waals surface area contributed by atoms with E-state index in [0.717, 1.165) is 6.92 Å². The lowest BCUT2D eigenvalue weighted by molar-refractivity contribution is -0.153. The molecule has 0 saturated carbocycles.